The van der Waals surface area contributed by atoms with Crippen LogP contribution in [-0.4, -0.2) is 0 Å². The number of hydrazine groups is 1. The van der Waals surface area contributed by atoms with Gasteiger partial charge in [0.2, 0.25) is 0 Å². The first kappa shape index (κ1) is 14.2. The van der Waals surface area contributed by atoms with E-state index in [1.165, 1.54) is 11.1 Å². The molecule has 96 valence electrons. The number of hydrogen-bond acceptors (Lipinski definition) is 2. The predicted molar refractivity (Wildman–Crippen MR) is 74.7 cm³/mol. The maximum Gasteiger partial charge on any atom is 0.0488 e. The number of benzene rings is 1. The van der Waals surface area contributed by atoms with Gasteiger partial charge in [-0.2, -0.15) is 0 Å². The second kappa shape index (κ2) is 5.65. The molecule has 0 radical (unpaired) electrons. The minimum Gasteiger partial charge on any atom is -0.271 e. The first-order chi connectivity index (χ1) is 7.91. The summed E-state index contributed by atoms with van der Waals surface area (Å²) in [5.41, 5.74) is 5.84. The third-order valence-electron chi connectivity index (χ3n) is 3.50. The molecule has 0 bridgehead atoms. The molecule has 2 atom stereocenters. The van der Waals surface area contributed by atoms with Gasteiger partial charge in [0.1, 0.15) is 0 Å². The van der Waals surface area contributed by atoms with Crippen molar-refractivity contribution in [3.05, 3.63) is 35.4 Å². The second-order valence-electron chi connectivity index (χ2n) is 5.87. The van der Waals surface area contributed by atoms with E-state index in [-0.39, 0.29) is 11.5 Å². The molecule has 17 heavy (non-hydrogen) atoms. The Morgan fingerprint density at radius 3 is 2.29 bits per heavy atom. The standard InChI is InChI=1S/C15H26N2/c1-6-11(2)14(17-16)12-9-7-8-10-13(12)15(3,4)5/h7-11,14,17H,6,16H2,1-5H3. The predicted octanol–water partition coefficient (Wildman–Crippen LogP) is 3.53. The summed E-state index contributed by atoms with van der Waals surface area (Å²) in [4.78, 5) is 0. The third kappa shape index (κ3) is 3.30. The summed E-state index contributed by atoms with van der Waals surface area (Å²) >= 11 is 0. The Morgan fingerprint density at radius 2 is 1.82 bits per heavy atom. The van der Waals surface area contributed by atoms with Crippen LogP contribution in [0.3, 0.4) is 0 Å². The van der Waals surface area contributed by atoms with Crippen LogP contribution in [0, 0.1) is 5.92 Å². The number of rotatable bonds is 4. The normalized spacial score (nSPS) is 15.6. The molecule has 0 heterocycles. The van der Waals surface area contributed by atoms with Gasteiger partial charge in [0, 0.05) is 6.04 Å². The van der Waals surface area contributed by atoms with Gasteiger partial charge in [-0.1, -0.05) is 65.3 Å². The fourth-order valence-corrected chi connectivity index (χ4v) is 2.25. The topological polar surface area (TPSA) is 38.0 Å². The summed E-state index contributed by atoms with van der Waals surface area (Å²) in [6.45, 7) is 11.2. The Labute approximate surface area is 106 Å². The highest BCUT2D eigenvalue weighted by atomic mass is 15.2. The lowest BCUT2D eigenvalue weighted by molar-refractivity contribution is 0.376. The molecule has 1 aromatic carbocycles. The van der Waals surface area contributed by atoms with E-state index >= 15 is 0 Å². The molecule has 2 heteroatoms. The van der Waals surface area contributed by atoms with E-state index < -0.39 is 0 Å². The molecular weight excluding hydrogens is 208 g/mol. The lowest BCUT2D eigenvalue weighted by Gasteiger charge is -2.30. The van der Waals surface area contributed by atoms with Crippen LogP contribution in [-0.2, 0) is 5.41 Å². The molecule has 0 aliphatic rings. The number of nitrogens with two attached hydrogens (primary N) is 1. The van der Waals surface area contributed by atoms with Gasteiger partial charge in [0.25, 0.3) is 0 Å². The van der Waals surface area contributed by atoms with Crippen molar-refractivity contribution in [1.82, 2.24) is 5.43 Å². The van der Waals surface area contributed by atoms with Crippen molar-refractivity contribution in [1.29, 1.82) is 0 Å². The first-order valence-corrected chi connectivity index (χ1v) is 6.47. The van der Waals surface area contributed by atoms with E-state index in [9.17, 15) is 0 Å². The van der Waals surface area contributed by atoms with Crippen molar-refractivity contribution in [3.63, 3.8) is 0 Å². The highest BCUT2D eigenvalue weighted by molar-refractivity contribution is 5.35. The Bertz CT molecular complexity index is 352. The highest BCUT2D eigenvalue weighted by Crippen LogP contribution is 2.33. The molecule has 1 aromatic rings. The van der Waals surface area contributed by atoms with E-state index in [2.05, 4.69) is 64.3 Å². The minimum absolute atomic E-state index is 0.152. The van der Waals surface area contributed by atoms with Crippen LogP contribution < -0.4 is 11.3 Å². The van der Waals surface area contributed by atoms with Gasteiger partial charge in [-0.15, -0.1) is 0 Å². The van der Waals surface area contributed by atoms with Crippen LogP contribution in [0.4, 0.5) is 0 Å². The summed E-state index contributed by atoms with van der Waals surface area (Å²) in [7, 11) is 0. The molecule has 0 saturated heterocycles. The van der Waals surface area contributed by atoms with Gasteiger partial charge in [0.05, 0.1) is 0 Å². The molecule has 0 aliphatic heterocycles. The molecule has 1 rings (SSSR count). The summed E-state index contributed by atoms with van der Waals surface area (Å²) in [6, 6.07) is 8.83. The van der Waals surface area contributed by atoms with Crippen LogP contribution in [0.1, 0.15) is 58.2 Å². The van der Waals surface area contributed by atoms with Gasteiger partial charge >= 0.3 is 0 Å². The van der Waals surface area contributed by atoms with Crippen LogP contribution >= 0.6 is 0 Å². The van der Waals surface area contributed by atoms with Gasteiger partial charge in [-0.3, -0.25) is 11.3 Å². The Morgan fingerprint density at radius 1 is 1.24 bits per heavy atom. The van der Waals surface area contributed by atoms with Crippen LogP contribution in [0.5, 0.6) is 0 Å². The fraction of sp³-hybridized carbons (Fsp3) is 0.600. The molecule has 0 aromatic heterocycles. The molecule has 2 unspecified atom stereocenters. The van der Waals surface area contributed by atoms with Crippen LogP contribution in [0.25, 0.3) is 0 Å². The zero-order chi connectivity index (χ0) is 13.1. The Hall–Kier alpha value is -0.860. The molecule has 0 spiro atoms. The van der Waals surface area contributed by atoms with Crippen molar-refractivity contribution in [2.24, 2.45) is 11.8 Å². The van der Waals surface area contributed by atoms with Crippen molar-refractivity contribution in [2.75, 3.05) is 0 Å². The van der Waals surface area contributed by atoms with Crippen LogP contribution in [0.2, 0.25) is 0 Å². The molecule has 0 fully saturated rings. The number of nitrogens with one attached hydrogen (secondary N) is 1. The summed E-state index contributed by atoms with van der Waals surface area (Å²) < 4.78 is 0. The summed E-state index contributed by atoms with van der Waals surface area (Å²) in [5.74, 6) is 6.27. The summed E-state index contributed by atoms with van der Waals surface area (Å²) in [6.07, 6.45) is 1.12. The Kier molecular flexibility index (Phi) is 4.72. The maximum absolute atomic E-state index is 5.74. The monoisotopic (exact) mass is 234 g/mol. The lowest BCUT2D eigenvalue weighted by Crippen LogP contribution is -2.34. The minimum atomic E-state index is 0.152. The SMILES string of the molecule is CCC(C)C(NN)c1ccccc1C(C)(C)C. The van der Waals surface area contributed by atoms with Gasteiger partial charge in [-0.05, 0) is 22.5 Å². The molecule has 2 nitrogen and oxygen atoms in total. The average Bonchev–Trinajstić information content (AvgIpc) is 2.29. The van der Waals surface area contributed by atoms with Gasteiger partial charge in [-0.25, -0.2) is 0 Å². The zero-order valence-corrected chi connectivity index (χ0v) is 11.7. The molecule has 0 saturated carbocycles. The molecule has 0 aliphatic carbocycles. The number of hydrogen-bond donors (Lipinski definition) is 2. The zero-order valence-electron chi connectivity index (χ0n) is 11.7. The third-order valence-corrected chi connectivity index (χ3v) is 3.50. The molecular formula is C15H26N2. The van der Waals surface area contributed by atoms with E-state index in [0.29, 0.717) is 5.92 Å². The maximum atomic E-state index is 5.74. The second-order valence-corrected chi connectivity index (χ2v) is 5.87. The average molecular weight is 234 g/mol. The van der Waals surface area contributed by atoms with Gasteiger partial charge < -0.3 is 0 Å². The Balaban J connectivity index is 3.20. The van der Waals surface area contributed by atoms with Crippen molar-refractivity contribution in [3.8, 4) is 0 Å². The summed E-state index contributed by atoms with van der Waals surface area (Å²) in [5, 5.41) is 0. The van der Waals surface area contributed by atoms with Gasteiger partial charge in [0.15, 0.2) is 0 Å². The first-order valence-electron chi connectivity index (χ1n) is 6.47. The van der Waals surface area contributed by atoms with Crippen molar-refractivity contribution in [2.45, 2.75) is 52.5 Å². The fourth-order valence-electron chi connectivity index (χ4n) is 2.25. The van der Waals surface area contributed by atoms with E-state index in [1.54, 1.807) is 0 Å². The molecule has 3 N–H and O–H groups in total. The largest absolute Gasteiger partial charge is 0.271 e. The quantitative estimate of drug-likeness (QED) is 0.618. The van der Waals surface area contributed by atoms with E-state index in [1.807, 2.05) is 0 Å². The molecule has 0 amide bonds. The van der Waals surface area contributed by atoms with Crippen molar-refractivity contribution >= 4 is 0 Å². The smallest absolute Gasteiger partial charge is 0.0488 e. The lowest BCUT2D eigenvalue weighted by atomic mass is 9.79. The van der Waals surface area contributed by atoms with Crippen LogP contribution in [0.15, 0.2) is 24.3 Å². The van der Waals surface area contributed by atoms with Crippen molar-refractivity contribution < 1.29 is 0 Å². The van der Waals surface area contributed by atoms with E-state index in [4.69, 9.17) is 5.84 Å². The highest BCUT2D eigenvalue weighted by Gasteiger charge is 2.24. The van der Waals surface area contributed by atoms with E-state index in [0.717, 1.165) is 6.42 Å².